The van der Waals surface area contributed by atoms with Gasteiger partial charge in [-0.3, -0.25) is 0 Å². The standard InChI is InChI=1S/C16H15N.FH.Nb/c1-13(12-14-8-4-2-5-9-14)16(17)15-10-6-3-7-11-15;;/h2-11H,17H2,1H3;1H;/q;;+1/p-1/b16-13-;;. The van der Waals surface area contributed by atoms with Gasteiger partial charge < -0.3 is 0 Å². The quantitative estimate of drug-likeness (QED) is 0.854. The van der Waals surface area contributed by atoms with E-state index in [1.54, 1.807) is 0 Å². The molecule has 0 aliphatic carbocycles. The average molecular weight is 333 g/mol. The Morgan fingerprint density at radius 3 is 1.84 bits per heavy atom. The average Bonchev–Trinajstić information content (AvgIpc) is 2.49. The van der Waals surface area contributed by atoms with Gasteiger partial charge in [0.15, 0.2) is 0 Å². The normalized spacial score (nSPS) is 13.1. The summed E-state index contributed by atoms with van der Waals surface area (Å²) in [4.78, 5) is 0. The number of halogens is 1. The Hall–Kier alpha value is -1.48. The summed E-state index contributed by atoms with van der Waals surface area (Å²) in [6, 6.07) is 19.4. The van der Waals surface area contributed by atoms with Crippen molar-refractivity contribution in [1.82, 2.24) is 0 Å². The van der Waals surface area contributed by atoms with Crippen LogP contribution in [0.4, 0.5) is 3.02 Å². The predicted octanol–water partition coefficient (Wildman–Crippen LogP) is 3.56. The van der Waals surface area contributed by atoms with Crippen molar-refractivity contribution in [3.05, 3.63) is 77.4 Å². The van der Waals surface area contributed by atoms with Gasteiger partial charge >= 0.3 is 122 Å². The van der Waals surface area contributed by atoms with Crippen LogP contribution in [0.1, 0.15) is 18.1 Å². The number of benzene rings is 2. The number of hydrogen-bond acceptors (Lipinski definition) is 1. The zero-order chi connectivity index (χ0) is 13.7. The molecule has 0 saturated carbocycles. The third-order valence-electron chi connectivity index (χ3n) is 2.98. The SMILES string of the molecule is C/C([C](=[Nb][F])c1ccccc1)=C(/N)c1ccccc1. The number of nitrogens with two attached hydrogens (primary N) is 1. The molecule has 0 aromatic heterocycles. The molecule has 0 radical (unpaired) electrons. The van der Waals surface area contributed by atoms with E-state index in [1.807, 2.05) is 67.6 Å². The maximum absolute atomic E-state index is 13.5. The first kappa shape index (κ1) is 13.9. The fraction of sp³-hybridized carbons (Fsp3) is 0.0625. The summed E-state index contributed by atoms with van der Waals surface area (Å²) in [5.74, 6) is 0. The second kappa shape index (κ2) is 6.62. The van der Waals surface area contributed by atoms with E-state index in [0.717, 1.165) is 20.4 Å². The summed E-state index contributed by atoms with van der Waals surface area (Å²) in [6.45, 7) is 1.90. The molecule has 19 heavy (non-hydrogen) atoms. The summed E-state index contributed by atoms with van der Waals surface area (Å²) < 4.78 is 14.3. The number of hydrogen-bond donors (Lipinski definition) is 1. The van der Waals surface area contributed by atoms with Gasteiger partial charge in [-0.1, -0.05) is 0 Å². The van der Waals surface area contributed by atoms with Crippen LogP contribution >= 0.6 is 0 Å². The molecule has 3 heteroatoms. The molecule has 0 saturated heterocycles. The molecule has 0 unspecified atom stereocenters. The van der Waals surface area contributed by atoms with Gasteiger partial charge in [-0.05, 0) is 0 Å². The van der Waals surface area contributed by atoms with Crippen molar-refractivity contribution < 1.29 is 22.9 Å². The molecule has 0 atom stereocenters. The Morgan fingerprint density at radius 1 is 0.895 bits per heavy atom. The van der Waals surface area contributed by atoms with Crippen molar-refractivity contribution in [2.24, 2.45) is 5.73 Å². The molecule has 0 aliphatic rings. The predicted molar refractivity (Wildman–Crippen MR) is 74.9 cm³/mol. The van der Waals surface area contributed by atoms with Crippen molar-refractivity contribution >= 4 is 9.42 Å². The molecule has 1 nitrogen and oxygen atoms in total. The van der Waals surface area contributed by atoms with Crippen molar-refractivity contribution in [2.45, 2.75) is 6.92 Å². The Balaban J connectivity index is 2.45. The van der Waals surface area contributed by atoms with E-state index >= 15 is 0 Å². The maximum atomic E-state index is 13.5. The fourth-order valence-electron chi connectivity index (χ4n) is 1.89. The van der Waals surface area contributed by atoms with Crippen LogP contribution in [0.3, 0.4) is 0 Å². The first-order valence-electron chi connectivity index (χ1n) is 6.00. The Morgan fingerprint density at radius 2 is 1.37 bits per heavy atom. The van der Waals surface area contributed by atoms with Crippen molar-refractivity contribution in [3.8, 4) is 0 Å². The minimum absolute atomic E-state index is 0.660. The summed E-state index contributed by atoms with van der Waals surface area (Å²) in [5.41, 5.74) is 9.57. The van der Waals surface area contributed by atoms with Gasteiger partial charge in [0.2, 0.25) is 0 Å². The molecule has 0 amide bonds. The van der Waals surface area contributed by atoms with E-state index in [9.17, 15) is 3.02 Å². The molecule has 2 aromatic rings. The van der Waals surface area contributed by atoms with Crippen LogP contribution in [0.5, 0.6) is 0 Å². The Labute approximate surface area is 122 Å². The summed E-state index contributed by atoms with van der Waals surface area (Å²) in [6.07, 6.45) is 0. The van der Waals surface area contributed by atoms with Crippen LogP contribution in [-0.4, -0.2) is 3.72 Å². The van der Waals surface area contributed by atoms with Crippen molar-refractivity contribution in [3.63, 3.8) is 0 Å². The van der Waals surface area contributed by atoms with E-state index in [0.29, 0.717) is 5.70 Å². The number of allylic oxidation sites excluding steroid dienone is 1. The van der Waals surface area contributed by atoms with Crippen LogP contribution in [-0.2, 0) is 19.8 Å². The molecular formula is C16H15FNNb. The zero-order valence-corrected chi connectivity index (χ0v) is 12.9. The second-order valence-corrected chi connectivity index (χ2v) is 5.72. The van der Waals surface area contributed by atoms with E-state index in [2.05, 4.69) is 0 Å². The molecule has 0 heterocycles. The molecule has 0 spiro atoms. The molecular weight excluding hydrogens is 318 g/mol. The number of rotatable bonds is 3. The van der Waals surface area contributed by atoms with Gasteiger partial charge in [-0.25, -0.2) is 0 Å². The van der Waals surface area contributed by atoms with Crippen LogP contribution in [0, 0.1) is 0 Å². The van der Waals surface area contributed by atoms with E-state index in [-0.39, 0.29) is 0 Å². The fourth-order valence-corrected chi connectivity index (χ4v) is 3.10. The van der Waals surface area contributed by atoms with Gasteiger partial charge in [0.25, 0.3) is 0 Å². The van der Waals surface area contributed by atoms with Gasteiger partial charge in [-0.2, -0.15) is 0 Å². The third kappa shape index (κ3) is 3.29. The zero-order valence-electron chi connectivity index (χ0n) is 10.7. The van der Waals surface area contributed by atoms with Gasteiger partial charge in [0.1, 0.15) is 0 Å². The topological polar surface area (TPSA) is 26.0 Å². The van der Waals surface area contributed by atoms with E-state index < -0.39 is 19.8 Å². The van der Waals surface area contributed by atoms with Crippen LogP contribution in [0.25, 0.3) is 5.70 Å². The Bertz CT molecular complexity index is 603. The molecule has 2 rings (SSSR count). The van der Waals surface area contributed by atoms with Crippen LogP contribution in [0.15, 0.2) is 66.2 Å². The molecule has 0 aliphatic heterocycles. The third-order valence-corrected chi connectivity index (χ3v) is 4.85. The summed E-state index contributed by atoms with van der Waals surface area (Å²) >= 11 is -1.89. The van der Waals surface area contributed by atoms with Crippen molar-refractivity contribution in [1.29, 1.82) is 0 Å². The first-order chi connectivity index (χ1) is 9.24. The second-order valence-electron chi connectivity index (χ2n) is 4.20. The molecule has 2 N–H and O–H groups in total. The minimum atomic E-state index is -1.89. The molecule has 0 bridgehead atoms. The monoisotopic (exact) mass is 333 g/mol. The van der Waals surface area contributed by atoms with Crippen molar-refractivity contribution in [2.75, 3.05) is 0 Å². The van der Waals surface area contributed by atoms with Gasteiger partial charge in [-0.15, -0.1) is 0 Å². The van der Waals surface area contributed by atoms with E-state index in [4.69, 9.17) is 5.73 Å². The van der Waals surface area contributed by atoms with Gasteiger partial charge in [0, 0.05) is 0 Å². The van der Waals surface area contributed by atoms with Gasteiger partial charge in [0.05, 0.1) is 0 Å². The molecule has 0 fully saturated rings. The van der Waals surface area contributed by atoms with Crippen LogP contribution < -0.4 is 5.73 Å². The summed E-state index contributed by atoms with van der Waals surface area (Å²) in [7, 11) is 0. The Kier molecular flexibility index (Phi) is 4.86. The molecule has 2 aromatic carbocycles. The summed E-state index contributed by atoms with van der Waals surface area (Å²) in [5, 5.41) is 0. The first-order valence-corrected chi connectivity index (χ1v) is 7.93. The van der Waals surface area contributed by atoms with Crippen LogP contribution in [0.2, 0.25) is 0 Å². The molecule has 96 valence electrons. The van der Waals surface area contributed by atoms with E-state index in [1.165, 1.54) is 0 Å².